The molecule has 2 amide bonds. The van der Waals surface area contributed by atoms with E-state index in [1.54, 1.807) is 0 Å². The van der Waals surface area contributed by atoms with Gasteiger partial charge in [-0.25, -0.2) is 8.42 Å². The molecule has 2 aliphatic rings. The summed E-state index contributed by atoms with van der Waals surface area (Å²) < 4.78 is 44.2. The second-order valence-corrected chi connectivity index (χ2v) is 9.80. The van der Waals surface area contributed by atoms with Gasteiger partial charge in [0.15, 0.2) is 12.9 Å². The largest absolute Gasteiger partial charge is 0.482 e. The first-order valence-corrected chi connectivity index (χ1v) is 12.9. The van der Waals surface area contributed by atoms with Crippen LogP contribution in [0.15, 0.2) is 23.1 Å². The van der Waals surface area contributed by atoms with Crippen LogP contribution in [-0.4, -0.2) is 76.8 Å². The standard InChI is InChI=1S/C22H33N3O7S/c1-3-30-22(31-4-2)14-23-20(26)15-25-18-13-17(9-10-19(18)32-16-21(25)27)33(28,29)24-11-7-5-6-8-12-24/h9-10,13,22H,3-8,11-12,14-16H2,1-2H3,(H,23,26). The van der Waals surface area contributed by atoms with E-state index >= 15 is 0 Å². The molecule has 1 N–H and O–H groups in total. The second kappa shape index (κ2) is 11.8. The number of amides is 2. The van der Waals surface area contributed by atoms with Crippen molar-refractivity contribution in [2.24, 2.45) is 0 Å². The Balaban J connectivity index is 1.76. The van der Waals surface area contributed by atoms with Crippen LogP contribution in [0, 0.1) is 0 Å². The first-order valence-electron chi connectivity index (χ1n) is 11.4. The van der Waals surface area contributed by atoms with Crippen LogP contribution in [0.4, 0.5) is 5.69 Å². The summed E-state index contributed by atoms with van der Waals surface area (Å²) in [5.74, 6) is -0.478. The fourth-order valence-corrected chi connectivity index (χ4v) is 5.42. The van der Waals surface area contributed by atoms with Crippen LogP contribution in [0.1, 0.15) is 39.5 Å². The molecule has 10 nitrogen and oxygen atoms in total. The number of hydrogen-bond acceptors (Lipinski definition) is 7. The van der Waals surface area contributed by atoms with Crippen molar-refractivity contribution in [3.8, 4) is 5.75 Å². The number of carbonyl (C=O) groups excluding carboxylic acids is 2. The molecular weight excluding hydrogens is 450 g/mol. The predicted octanol–water partition coefficient (Wildman–Crippen LogP) is 1.49. The zero-order chi connectivity index (χ0) is 23.8. The highest BCUT2D eigenvalue weighted by atomic mass is 32.2. The first kappa shape index (κ1) is 25.4. The summed E-state index contributed by atoms with van der Waals surface area (Å²) in [5.41, 5.74) is 0.267. The molecular formula is C22H33N3O7S. The quantitative estimate of drug-likeness (QED) is 0.502. The molecule has 0 saturated carbocycles. The number of hydrogen-bond donors (Lipinski definition) is 1. The third-order valence-electron chi connectivity index (χ3n) is 5.55. The zero-order valence-corrected chi connectivity index (χ0v) is 20.1. The molecule has 1 aromatic rings. The van der Waals surface area contributed by atoms with E-state index in [9.17, 15) is 18.0 Å². The smallest absolute Gasteiger partial charge is 0.265 e. The number of nitrogens with one attached hydrogen (secondary N) is 1. The van der Waals surface area contributed by atoms with Crippen LogP contribution in [0.5, 0.6) is 5.75 Å². The minimum Gasteiger partial charge on any atom is -0.482 e. The SMILES string of the molecule is CCOC(CNC(=O)CN1C(=O)COc2ccc(S(=O)(=O)N3CCCCCC3)cc21)OCC. The lowest BCUT2D eigenvalue weighted by molar-refractivity contribution is -0.140. The van der Waals surface area contributed by atoms with E-state index in [0.717, 1.165) is 25.7 Å². The summed E-state index contributed by atoms with van der Waals surface area (Å²) in [6, 6.07) is 4.45. The van der Waals surface area contributed by atoms with Crippen LogP contribution >= 0.6 is 0 Å². The second-order valence-electron chi connectivity index (χ2n) is 7.86. The zero-order valence-electron chi connectivity index (χ0n) is 19.2. The van der Waals surface area contributed by atoms with Crippen molar-refractivity contribution in [1.29, 1.82) is 0 Å². The van der Waals surface area contributed by atoms with Gasteiger partial charge in [-0.2, -0.15) is 4.31 Å². The fourth-order valence-electron chi connectivity index (χ4n) is 3.88. The van der Waals surface area contributed by atoms with Crippen LogP contribution in [-0.2, 0) is 29.1 Å². The van der Waals surface area contributed by atoms with Crippen LogP contribution < -0.4 is 15.0 Å². The Morgan fingerprint density at radius 2 is 1.79 bits per heavy atom. The lowest BCUT2D eigenvalue weighted by atomic mass is 10.2. The number of benzene rings is 1. The Hall–Kier alpha value is -2.21. The molecule has 0 aliphatic carbocycles. The number of anilines is 1. The summed E-state index contributed by atoms with van der Waals surface area (Å²) in [4.78, 5) is 26.5. The van der Waals surface area contributed by atoms with Gasteiger partial charge in [0.25, 0.3) is 5.91 Å². The van der Waals surface area contributed by atoms with Gasteiger partial charge in [0.2, 0.25) is 15.9 Å². The molecule has 0 atom stereocenters. The molecule has 0 unspecified atom stereocenters. The lowest BCUT2D eigenvalue weighted by Gasteiger charge is -2.30. The number of fused-ring (bicyclic) bond motifs is 1. The molecule has 1 fully saturated rings. The molecule has 2 heterocycles. The van der Waals surface area contributed by atoms with Crippen molar-refractivity contribution in [3.05, 3.63) is 18.2 Å². The summed E-state index contributed by atoms with van der Waals surface area (Å²) >= 11 is 0. The van der Waals surface area contributed by atoms with E-state index in [2.05, 4.69) is 5.32 Å². The summed E-state index contributed by atoms with van der Waals surface area (Å²) in [5, 5.41) is 2.70. The van der Waals surface area contributed by atoms with E-state index in [-0.39, 0.29) is 30.3 Å². The van der Waals surface area contributed by atoms with Gasteiger partial charge in [-0.1, -0.05) is 12.8 Å². The van der Waals surface area contributed by atoms with Crippen LogP contribution in [0.25, 0.3) is 0 Å². The molecule has 11 heteroatoms. The first-order chi connectivity index (χ1) is 15.9. The molecule has 2 aliphatic heterocycles. The number of nitrogens with zero attached hydrogens (tertiary/aromatic N) is 2. The van der Waals surface area contributed by atoms with E-state index in [4.69, 9.17) is 14.2 Å². The molecule has 1 aromatic carbocycles. The van der Waals surface area contributed by atoms with E-state index in [1.807, 2.05) is 13.8 Å². The average molecular weight is 484 g/mol. The molecule has 3 rings (SSSR count). The molecule has 0 bridgehead atoms. The van der Waals surface area contributed by atoms with Crippen molar-refractivity contribution in [1.82, 2.24) is 9.62 Å². The van der Waals surface area contributed by atoms with Gasteiger partial charge in [-0.3, -0.25) is 14.5 Å². The normalized spacial score (nSPS) is 17.4. The monoisotopic (exact) mass is 483 g/mol. The molecule has 0 spiro atoms. The summed E-state index contributed by atoms with van der Waals surface area (Å²) in [6.45, 7) is 5.11. The van der Waals surface area contributed by atoms with E-state index in [0.29, 0.717) is 32.1 Å². The topological polar surface area (TPSA) is 114 Å². The van der Waals surface area contributed by atoms with Crippen molar-refractivity contribution < 1.29 is 32.2 Å². The average Bonchev–Trinajstić information content (AvgIpc) is 3.10. The van der Waals surface area contributed by atoms with E-state index < -0.39 is 28.1 Å². The maximum Gasteiger partial charge on any atom is 0.265 e. The van der Waals surface area contributed by atoms with Gasteiger partial charge in [-0.05, 0) is 44.9 Å². The molecule has 1 saturated heterocycles. The van der Waals surface area contributed by atoms with Gasteiger partial charge >= 0.3 is 0 Å². The van der Waals surface area contributed by atoms with Crippen molar-refractivity contribution in [2.75, 3.05) is 50.9 Å². The van der Waals surface area contributed by atoms with Crippen molar-refractivity contribution >= 4 is 27.5 Å². The Morgan fingerprint density at radius 3 is 2.42 bits per heavy atom. The third-order valence-corrected chi connectivity index (χ3v) is 7.44. The van der Waals surface area contributed by atoms with Crippen LogP contribution in [0.3, 0.4) is 0 Å². The predicted molar refractivity (Wildman–Crippen MR) is 122 cm³/mol. The number of sulfonamides is 1. The lowest BCUT2D eigenvalue weighted by Crippen LogP contribution is -2.46. The van der Waals surface area contributed by atoms with Crippen molar-refractivity contribution in [2.45, 2.75) is 50.7 Å². The third kappa shape index (κ3) is 6.44. The van der Waals surface area contributed by atoms with Crippen molar-refractivity contribution in [3.63, 3.8) is 0 Å². The Morgan fingerprint density at radius 1 is 1.12 bits per heavy atom. The highest BCUT2D eigenvalue weighted by Crippen LogP contribution is 2.35. The number of ether oxygens (including phenoxy) is 3. The summed E-state index contributed by atoms with van der Waals surface area (Å²) in [6.07, 6.45) is 3.08. The Kier molecular flexibility index (Phi) is 9.07. The molecule has 0 aromatic heterocycles. The van der Waals surface area contributed by atoms with E-state index in [1.165, 1.54) is 27.4 Å². The van der Waals surface area contributed by atoms with Gasteiger partial charge in [0.05, 0.1) is 17.1 Å². The maximum absolute atomic E-state index is 13.2. The molecule has 33 heavy (non-hydrogen) atoms. The maximum atomic E-state index is 13.2. The van der Waals surface area contributed by atoms with Gasteiger partial charge in [0, 0.05) is 26.3 Å². The minimum atomic E-state index is -3.72. The highest BCUT2D eigenvalue weighted by molar-refractivity contribution is 7.89. The number of carbonyl (C=O) groups is 2. The summed E-state index contributed by atoms with van der Waals surface area (Å²) in [7, 11) is -3.72. The minimum absolute atomic E-state index is 0.0830. The Bertz CT molecular complexity index is 924. The van der Waals surface area contributed by atoms with Crippen LogP contribution in [0.2, 0.25) is 0 Å². The van der Waals surface area contributed by atoms with Gasteiger partial charge in [0.1, 0.15) is 12.3 Å². The molecule has 184 valence electrons. The fraction of sp³-hybridized carbons (Fsp3) is 0.636. The van der Waals surface area contributed by atoms with Gasteiger partial charge < -0.3 is 19.5 Å². The Labute approximate surface area is 195 Å². The van der Waals surface area contributed by atoms with Gasteiger partial charge in [-0.15, -0.1) is 0 Å². The highest BCUT2D eigenvalue weighted by Gasteiger charge is 2.31. The number of rotatable bonds is 10. The molecule has 0 radical (unpaired) electrons.